The quantitative estimate of drug-likeness (QED) is 0.524. The number of aromatic nitrogens is 1. The van der Waals surface area contributed by atoms with Gasteiger partial charge in [-0.25, -0.2) is 9.98 Å². The molecule has 0 atom stereocenters. The number of piperazine rings is 1. The second-order valence-corrected chi connectivity index (χ2v) is 10.1. The Bertz CT molecular complexity index is 1340. The van der Waals surface area contributed by atoms with E-state index in [0.717, 1.165) is 65.9 Å². The van der Waals surface area contributed by atoms with E-state index < -0.39 is 0 Å². The largest absolute Gasteiger partial charge is 0.387 e. The predicted molar refractivity (Wildman–Crippen MR) is 149 cm³/mol. The lowest BCUT2D eigenvalue weighted by molar-refractivity contribution is 0.148. The summed E-state index contributed by atoms with van der Waals surface area (Å²) < 4.78 is 0. The molecule has 1 saturated heterocycles. The molecular weight excluding hydrogens is 466 g/mol. The van der Waals surface area contributed by atoms with Crippen LogP contribution >= 0.6 is 11.3 Å². The summed E-state index contributed by atoms with van der Waals surface area (Å²) in [6.45, 7) is 8.26. The SMILES string of the molecule is Cc1ccc(C#Cc2ccc(CN3CCN(C)CC3)cc2)cc1Nc1nc(C2=NCCC(N)=N2)cs1. The molecule has 3 heterocycles. The van der Waals surface area contributed by atoms with E-state index in [-0.39, 0.29) is 0 Å². The van der Waals surface area contributed by atoms with Crippen molar-refractivity contribution in [2.75, 3.05) is 45.1 Å². The van der Waals surface area contributed by atoms with Crippen LogP contribution in [-0.2, 0) is 6.54 Å². The van der Waals surface area contributed by atoms with Crippen LogP contribution in [-0.4, -0.2) is 66.2 Å². The Morgan fingerprint density at radius 1 is 1.03 bits per heavy atom. The maximum absolute atomic E-state index is 5.86. The van der Waals surface area contributed by atoms with Gasteiger partial charge in [-0.2, -0.15) is 0 Å². The number of benzene rings is 2. The van der Waals surface area contributed by atoms with Gasteiger partial charge in [0.2, 0.25) is 0 Å². The number of likely N-dealkylation sites (N-methyl/N-ethyl adjacent to an activating group) is 1. The highest BCUT2D eigenvalue weighted by molar-refractivity contribution is 7.14. The highest BCUT2D eigenvalue weighted by Gasteiger charge is 2.14. The highest BCUT2D eigenvalue weighted by atomic mass is 32.1. The van der Waals surface area contributed by atoms with Crippen molar-refractivity contribution in [2.24, 2.45) is 15.7 Å². The molecule has 3 aromatic rings. The maximum atomic E-state index is 5.86. The first-order valence-corrected chi connectivity index (χ1v) is 13.1. The number of nitrogens with one attached hydrogen (secondary N) is 1. The summed E-state index contributed by atoms with van der Waals surface area (Å²) in [5, 5.41) is 6.17. The minimum atomic E-state index is 0.606. The van der Waals surface area contributed by atoms with E-state index in [4.69, 9.17) is 5.73 Å². The first-order valence-electron chi connectivity index (χ1n) is 12.2. The number of rotatable bonds is 5. The summed E-state index contributed by atoms with van der Waals surface area (Å²) in [5.74, 6) is 7.83. The second kappa shape index (κ2) is 11.0. The van der Waals surface area contributed by atoms with Crippen LogP contribution in [0.4, 0.5) is 10.8 Å². The summed E-state index contributed by atoms with van der Waals surface area (Å²) in [5.41, 5.74) is 12.0. The van der Waals surface area contributed by atoms with Crippen LogP contribution in [0.5, 0.6) is 0 Å². The molecule has 8 heteroatoms. The zero-order chi connectivity index (χ0) is 24.9. The standard InChI is InChI=1S/C28H31N7S/c1-20-3-4-22(8-5-21-6-9-23(10-7-21)18-35-15-13-34(2)14-16-35)17-24(20)31-28-32-25(19-36-28)27-30-12-11-26(29)33-27/h3-4,6-7,9-10,17,19H,11-16,18H2,1-2H3,(H,31,32)(H2,29,30,33). The van der Waals surface area contributed by atoms with Crippen molar-refractivity contribution in [2.45, 2.75) is 19.9 Å². The fourth-order valence-electron chi connectivity index (χ4n) is 4.13. The molecule has 36 heavy (non-hydrogen) atoms. The van der Waals surface area contributed by atoms with Crippen molar-refractivity contribution in [1.29, 1.82) is 0 Å². The Kier molecular flexibility index (Phi) is 7.42. The monoisotopic (exact) mass is 497 g/mol. The van der Waals surface area contributed by atoms with E-state index in [1.54, 1.807) is 0 Å². The summed E-state index contributed by atoms with van der Waals surface area (Å²) in [7, 11) is 2.19. The van der Waals surface area contributed by atoms with E-state index in [1.807, 2.05) is 5.38 Å². The predicted octanol–water partition coefficient (Wildman–Crippen LogP) is 3.85. The lowest BCUT2D eigenvalue weighted by Gasteiger charge is -2.32. The number of hydrogen-bond donors (Lipinski definition) is 2. The van der Waals surface area contributed by atoms with Crippen molar-refractivity contribution in [3.05, 3.63) is 75.8 Å². The van der Waals surface area contributed by atoms with Crippen molar-refractivity contribution in [1.82, 2.24) is 14.8 Å². The Balaban J connectivity index is 1.24. The lowest BCUT2D eigenvalue weighted by Crippen LogP contribution is -2.43. The molecule has 0 bridgehead atoms. The summed E-state index contributed by atoms with van der Waals surface area (Å²) >= 11 is 1.52. The first-order chi connectivity index (χ1) is 17.5. The van der Waals surface area contributed by atoms with Crippen LogP contribution in [0.2, 0.25) is 0 Å². The van der Waals surface area contributed by atoms with Gasteiger partial charge in [0.15, 0.2) is 11.0 Å². The molecule has 7 nitrogen and oxygen atoms in total. The normalized spacial score (nSPS) is 16.6. The molecule has 0 radical (unpaired) electrons. The third-order valence-corrected chi connectivity index (χ3v) is 7.16. The number of aliphatic imine (C=N–C) groups is 2. The molecule has 5 rings (SSSR count). The minimum absolute atomic E-state index is 0.606. The topological polar surface area (TPSA) is 82.1 Å². The number of thiazole rings is 1. The number of aryl methyl sites for hydroxylation is 1. The molecule has 0 unspecified atom stereocenters. The Morgan fingerprint density at radius 3 is 2.56 bits per heavy atom. The molecule has 0 saturated carbocycles. The van der Waals surface area contributed by atoms with Crippen LogP contribution in [0.3, 0.4) is 0 Å². The van der Waals surface area contributed by atoms with Crippen molar-refractivity contribution < 1.29 is 0 Å². The lowest BCUT2D eigenvalue weighted by atomic mass is 10.1. The van der Waals surface area contributed by atoms with Crippen molar-refractivity contribution >= 4 is 33.8 Å². The van der Waals surface area contributed by atoms with E-state index in [0.29, 0.717) is 24.6 Å². The summed E-state index contributed by atoms with van der Waals surface area (Å²) in [4.78, 5) is 18.3. The van der Waals surface area contributed by atoms with Crippen LogP contribution in [0.25, 0.3) is 0 Å². The van der Waals surface area contributed by atoms with E-state index in [9.17, 15) is 0 Å². The molecule has 0 aliphatic carbocycles. The van der Waals surface area contributed by atoms with Gasteiger partial charge in [-0.05, 0) is 49.4 Å². The molecule has 2 aliphatic heterocycles. The molecule has 2 aromatic carbocycles. The molecule has 1 aromatic heterocycles. The third kappa shape index (κ3) is 6.18. The Morgan fingerprint density at radius 2 is 1.78 bits per heavy atom. The summed E-state index contributed by atoms with van der Waals surface area (Å²) in [6.07, 6.45) is 0.701. The van der Waals surface area contributed by atoms with Gasteiger partial charge in [-0.3, -0.25) is 9.89 Å². The number of nitrogens with two attached hydrogens (primary N) is 1. The molecular formula is C28H31N7S. The van der Waals surface area contributed by atoms with Gasteiger partial charge in [-0.1, -0.05) is 30.0 Å². The first kappa shape index (κ1) is 24.2. The van der Waals surface area contributed by atoms with Gasteiger partial charge >= 0.3 is 0 Å². The molecule has 2 aliphatic rings. The number of anilines is 2. The van der Waals surface area contributed by atoms with Gasteiger partial charge in [0.25, 0.3) is 0 Å². The molecule has 184 valence electrons. The second-order valence-electron chi connectivity index (χ2n) is 9.28. The maximum Gasteiger partial charge on any atom is 0.187 e. The molecule has 0 amide bonds. The highest BCUT2D eigenvalue weighted by Crippen LogP contribution is 2.25. The third-order valence-electron chi connectivity index (χ3n) is 6.40. The minimum Gasteiger partial charge on any atom is -0.387 e. The van der Waals surface area contributed by atoms with Crippen molar-refractivity contribution in [3.63, 3.8) is 0 Å². The molecule has 1 fully saturated rings. The average molecular weight is 498 g/mol. The number of amidine groups is 2. The number of nitrogens with zero attached hydrogens (tertiary/aromatic N) is 5. The van der Waals surface area contributed by atoms with Crippen LogP contribution in [0.15, 0.2) is 57.8 Å². The zero-order valence-corrected chi connectivity index (χ0v) is 21.6. The Hall–Kier alpha value is -3.51. The van der Waals surface area contributed by atoms with Crippen molar-refractivity contribution in [3.8, 4) is 11.8 Å². The number of hydrogen-bond acceptors (Lipinski definition) is 8. The van der Waals surface area contributed by atoms with Crippen LogP contribution < -0.4 is 11.1 Å². The smallest absolute Gasteiger partial charge is 0.187 e. The van der Waals surface area contributed by atoms with Gasteiger partial charge in [0.05, 0.1) is 0 Å². The molecule has 0 spiro atoms. The van der Waals surface area contributed by atoms with Gasteiger partial charge in [-0.15, -0.1) is 11.3 Å². The Labute approximate surface area is 216 Å². The molecule has 3 N–H and O–H groups in total. The van der Waals surface area contributed by atoms with Gasteiger partial charge in [0.1, 0.15) is 11.5 Å². The van der Waals surface area contributed by atoms with Gasteiger partial charge in [0, 0.05) is 67.9 Å². The zero-order valence-electron chi connectivity index (χ0n) is 20.8. The average Bonchev–Trinajstić information content (AvgIpc) is 3.35. The van der Waals surface area contributed by atoms with Gasteiger partial charge < -0.3 is 16.0 Å². The fraction of sp³-hybridized carbons (Fsp3) is 0.321. The van der Waals surface area contributed by atoms with Crippen LogP contribution in [0, 0.1) is 18.8 Å². The van der Waals surface area contributed by atoms with E-state index in [2.05, 4.69) is 98.4 Å². The van der Waals surface area contributed by atoms with E-state index >= 15 is 0 Å². The fourth-order valence-corrected chi connectivity index (χ4v) is 4.83. The van der Waals surface area contributed by atoms with Crippen LogP contribution in [0.1, 0.15) is 34.4 Å². The summed E-state index contributed by atoms with van der Waals surface area (Å²) in [6, 6.07) is 14.8. The van der Waals surface area contributed by atoms with E-state index in [1.165, 1.54) is 16.9 Å².